The van der Waals surface area contributed by atoms with Gasteiger partial charge in [-0.3, -0.25) is 9.59 Å². The molecule has 0 saturated carbocycles. The number of hydrogen-bond acceptors (Lipinski definition) is 2. The second kappa shape index (κ2) is 11.6. The van der Waals surface area contributed by atoms with Crippen LogP contribution >= 0.6 is 11.6 Å². The Morgan fingerprint density at radius 2 is 1.79 bits per heavy atom. The third kappa shape index (κ3) is 7.21. The molecule has 29 heavy (non-hydrogen) atoms. The Labute approximate surface area is 179 Å². The van der Waals surface area contributed by atoms with Gasteiger partial charge in [0.1, 0.15) is 6.04 Å². The van der Waals surface area contributed by atoms with Gasteiger partial charge in [-0.05, 0) is 43.9 Å². The van der Waals surface area contributed by atoms with Crippen LogP contribution in [-0.4, -0.2) is 29.3 Å². The lowest BCUT2D eigenvalue weighted by atomic mass is 10.1. The van der Waals surface area contributed by atoms with E-state index in [0.29, 0.717) is 31.0 Å². The monoisotopic (exact) mass is 414 g/mol. The molecule has 0 aliphatic carbocycles. The molecule has 0 fully saturated rings. The van der Waals surface area contributed by atoms with Crippen molar-refractivity contribution in [3.8, 4) is 0 Å². The Hall–Kier alpha value is -2.33. The Bertz CT molecular complexity index is 805. The molecule has 2 rings (SSSR count). The molecule has 4 nitrogen and oxygen atoms in total. The summed E-state index contributed by atoms with van der Waals surface area (Å²) in [5, 5.41) is 3.53. The summed E-state index contributed by atoms with van der Waals surface area (Å²) < 4.78 is 0. The summed E-state index contributed by atoms with van der Waals surface area (Å²) >= 11 is 6.31. The largest absolute Gasteiger partial charge is 0.354 e. The highest BCUT2D eigenvalue weighted by atomic mass is 35.5. The fourth-order valence-electron chi connectivity index (χ4n) is 3.08. The molecule has 0 spiro atoms. The predicted octanol–water partition coefficient (Wildman–Crippen LogP) is 4.91. The van der Waals surface area contributed by atoms with Gasteiger partial charge in [-0.1, -0.05) is 73.0 Å². The molecule has 2 aromatic rings. The van der Waals surface area contributed by atoms with Crippen LogP contribution in [0, 0.1) is 6.92 Å². The van der Waals surface area contributed by atoms with Gasteiger partial charge in [-0.25, -0.2) is 0 Å². The van der Waals surface area contributed by atoms with Gasteiger partial charge in [0.05, 0.1) is 0 Å². The normalized spacial score (nSPS) is 11.7. The van der Waals surface area contributed by atoms with E-state index in [2.05, 4.69) is 12.2 Å². The highest BCUT2D eigenvalue weighted by Gasteiger charge is 2.26. The van der Waals surface area contributed by atoms with Crippen molar-refractivity contribution < 1.29 is 9.59 Å². The first-order valence-corrected chi connectivity index (χ1v) is 10.7. The number of carbonyl (C=O) groups excluding carboxylic acids is 2. The van der Waals surface area contributed by atoms with Crippen molar-refractivity contribution >= 4 is 23.4 Å². The van der Waals surface area contributed by atoms with E-state index in [4.69, 9.17) is 11.6 Å². The third-order valence-electron chi connectivity index (χ3n) is 5.04. The van der Waals surface area contributed by atoms with E-state index in [1.807, 2.05) is 49.4 Å². The fourth-order valence-corrected chi connectivity index (χ4v) is 3.27. The molecule has 156 valence electrons. The van der Waals surface area contributed by atoms with Crippen molar-refractivity contribution in [2.45, 2.75) is 59.0 Å². The van der Waals surface area contributed by atoms with E-state index in [9.17, 15) is 9.59 Å². The van der Waals surface area contributed by atoms with Gasteiger partial charge in [0.2, 0.25) is 11.8 Å². The lowest BCUT2D eigenvalue weighted by molar-refractivity contribution is -0.140. The molecule has 0 bridgehead atoms. The minimum Gasteiger partial charge on any atom is -0.354 e. The predicted molar refractivity (Wildman–Crippen MR) is 119 cm³/mol. The average Bonchev–Trinajstić information content (AvgIpc) is 2.72. The first kappa shape index (κ1) is 23.0. The smallest absolute Gasteiger partial charge is 0.242 e. The number of benzene rings is 2. The zero-order valence-corrected chi connectivity index (χ0v) is 18.3. The van der Waals surface area contributed by atoms with Crippen molar-refractivity contribution in [3.63, 3.8) is 0 Å². The standard InChI is InChI=1S/C24H31ClN2O2/c1-4-5-16-26-24(29)19(3)27(17-21-8-6-7-9-22(21)25)23(28)15-14-20-12-10-18(2)11-13-20/h6-13,19H,4-5,14-17H2,1-3H3,(H,26,29)/t19-/m0/s1. The Balaban J connectivity index is 2.11. The zero-order chi connectivity index (χ0) is 21.2. The highest BCUT2D eigenvalue weighted by molar-refractivity contribution is 6.31. The quantitative estimate of drug-likeness (QED) is 0.561. The molecule has 2 amide bonds. The minimum atomic E-state index is -0.561. The van der Waals surface area contributed by atoms with E-state index in [1.54, 1.807) is 17.9 Å². The number of rotatable bonds is 10. The molecule has 0 heterocycles. The highest BCUT2D eigenvalue weighted by Crippen LogP contribution is 2.19. The van der Waals surface area contributed by atoms with Crippen LogP contribution < -0.4 is 5.32 Å². The summed E-state index contributed by atoms with van der Waals surface area (Å²) in [7, 11) is 0. The zero-order valence-electron chi connectivity index (χ0n) is 17.6. The van der Waals surface area contributed by atoms with E-state index in [-0.39, 0.29) is 11.8 Å². The summed E-state index contributed by atoms with van der Waals surface area (Å²) in [5.74, 6) is -0.183. The molecule has 0 aromatic heterocycles. The summed E-state index contributed by atoms with van der Waals surface area (Å²) in [6.45, 7) is 6.83. The summed E-state index contributed by atoms with van der Waals surface area (Å²) in [4.78, 5) is 27.3. The van der Waals surface area contributed by atoms with Crippen LogP contribution in [0.5, 0.6) is 0 Å². The van der Waals surface area contributed by atoms with Crippen molar-refractivity contribution in [3.05, 3.63) is 70.2 Å². The summed E-state index contributed by atoms with van der Waals surface area (Å²) in [5.41, 5.74) is 3.14. The van der Waals surface area contributed by atoms with Crippen LogP contribution in [0.2, 0.25) is 5.02 Å². The van der Waals surface area contributed by atoms with Gasteiger partial charge in [0.25, 0.3) is 0 Å². The molecule has 0 aliphatic rings. The molecule has 0 saturated heterocycles. The second-order valence-electron chi connectivity index (χ2n) is 7.42. The van der Waals surface area contributed by atoms with Crippen LogP contribution in [0.3, 0.4) is 0 Å². The van der Waals surface area contributed by atoms with Crippen LogP contribution in [0.4, 0.5) is 0 Å². The maximum atomic E-state index is 13.1. The van der Waals surface area contributed by atoms with E-state index in [1.165, 1.54) is 5.56 Å². The Morgan fingerprint density at radius 3 is 2.45 bits per heavy atom. The number of halogens is 1. The second-order valence-corrected chi connectivity index (χ2v) is 7.83. The lowest BCUT2D eigenvalue weighted by Gasteiger charge is -2.29. The molecule has 0 aliphatic heterocycles. The van der Waals surface area contributed by atoms with Gasteiger partial charge >= 0.3 is 0 Å². The fraction of sp³-hybridized carbons (Fsp3) is 0.417. The third-order valence-corrected chi connectivity index (χ3v) is 5.41. The van der Waals surface area contributed by atoms with Crippen LogP contribution in [-0.2, 0) is 22.6 Å². The topological polar surface area (TPSA) is 49.4 Å². The van der Waals surface area contributed by atoms with Crippen molar-refractivity contribution in [2.75, 3.05) is 6.54 Å². The van der Waals surface area contributed by atoms with Gasteiger partial charge < -0.3 is 10.2 Å². The summed E-state index contributed by atoms with van der Waals surface area (Å²) in [6.07, 6.45) is 2.92. The van der Waals surface area contributed by atoms with E-state index < -0.39 is 6.04 Å². The van der Waals surface area contributed by atoms with Gasteiger partial charge in [0.15, 0.2) is 0 Å². The number of amides is 2. The van der Waals surface area contributed by atoms with Gasteiger partial charge in [-0.15, -0.1) is 0 Å². The van der Waals surface area contributed by atoms with Crippen LogP contribution in [0.25, 0.3) is 0 Å². The number of aryl methyl sites for hydroxylation is 2. The molecule has 5 heteroatoms. The van der Waals surface area contributed by atoms with Crippen molar-refractivity contribution in [2.24, 2.45) is 0 Å². The summed E-state index contributed by atoms with van der Waals surface area (Å²) in [6, 6.07) is 15.1. The van der Waals surface area contributed by atoms with Gasteiger partial charge in [0, 0.05) is 24.5 Å². The first-order valence-electron chi connectivity index (χ1n) is 10.3. The van der Waals surface area contributed by atoms with Crippen LogP contribution in [0.15, 0.2) is 48.5 Å². The number of nitrogens with one attached hydrogen (secondary N) is 1. The number of unbranched alkanes of at least 4 members (excludes halogenated alkanes) is 1. The van der Waals surface area contributed by atoms with E-state index in [0.717, 1.165) is 24.0 Å². The van der Waals surface area contributed by atoms with Crippen LogP contribution in [0.1, 0.15) is 49.8 Å². The number of hydrogen-bond donors (Lipinski definition) is 1. The lowest BCUT2D eigenvalue weighted by Crippen LogP contribution is -2.47. The maximum Gasteiger partial charge on any atom is 0.242 e. The SMILES string of the molecule is CCCCNC(=O)[C@H](C)N(Cc1ccccc1Cl)C(=O)CCc1ccc(C)cc1. The van der Waals surface area contributed by atoms with E-state index >= 15 is 0 Å². The molecule has 1 atom stereocenters. The average molecular weight is 415 g/mol. The molecule has 2 aromatic carbocycles. The maximum absolute atomic E-state index is 13.1. The molecule has 0 radical (unpaired) electrons. The molecule has 1 N–H and O–H groups in total. The first-order chi connectivity index (χ1) is 13.9. The van der Waals surface area contributed by atoms with Gasteiger partial charge in [-0.2, -0.15) is 0 Å². The molecular formula is C24H31ClN2O2. The molecule has 0 unspecified atom stereocenters. The Kier molecular flexibility index (Phi) is 9.20. The number of nitrogens with zero attached hydrogens (tertiary/aromatic N) is 1. The van der Waals surface area contributed by atoms with Crippen molar-refractivity contribution in [1.82, 2.24) is 10.2 Å². The van der Waals surface area contributed by atoms with Crippen molar-refractivity contribution in [1.29, 1.82) is 0 Å². The Morgan fingerprint density at radius 1 is 1.10 bits per heavy atom. The molecular weight excluding hydrogens is 384 g/mol. The number of carbonyl (C=O) groups is 2. The minimum absolute atomic E-state index is 0.0522.